The van der Waals surface area contributed by atoms with Crippen molar-refractivity contribution in [2.75, 3.05) is 36.5 Å². The van der Waals surface area contributed by atoms with E-state index in [9.17, 15) is 4.79 Å². The zero-order chi connectivity index (χ0) is 13.4. The van der Waals surface area contributed by atoms with Crippen LogP contribution in [0.15, 0.2) is 12.1 Å². The molecule has 20 heavy (non-hydrogen) atoms. The summed E-state index contributed by atoms with van der Waals surface area (Å²) in [5.74, 6) is 2.16. The number of aromatic nitrogens is 1. The molecule has 2 aliphatic rings. The Bertz CT molecular complexity index is 511. The summed E-state index contributed by atoms with van der Waals surface area (Å²) in [6.45, 7) is 2.32. The zero-order valence-corrected chi connectivity index (χ0v) is 12.2. The number of carbonyl (C=O) groups is 1. The number of anilines is 2. The van der Waals surface area contributed by atoms with E-state index in [-0.39, 0.29) is 24.4 Å². The molecule has 0 radical (unpaired) electrons. The van der Waals surface area contributed by atoms with Crippen LogP contribution in [0.2, 0.25) is 0 Å². The molecule has 0 saturated carbocycles. The third kappa shape index (κ3) is 2.47. The van der Waals surface area contributed by atoms with Gasteiger partial charge in [0, 0.05) is 13.6 Å². The molecule has 0 aliphatic carbocycles. The highest BCUT2D eigenvalue weighted by Crippen LogP contribution is 2.33. The van der Waals surface area contributed by atoms with Gasteiger partial charge in [-0.05, 0) is 25.0 Å². The Morgan fingerprint density at radius 2 is 2.25 bits per heavy atom. The molecule has 1 atom stereocenters. The highest BCUT2D eigenvalue weighted by atomic mass is 35.5. The van der Waals surface area contributed by atoms with Gasteiger partial charge in [0.05, 0.1) is 6.54 Å². The number of likely N-dealkylation sites (N-methyl/N-ethyl adjacent to an activating group) is 1. The summed E-state index contributed by atoms with van der Waals surface area (Å²) in [4.78, 5) is 20.1. The van der Waals surface area contributed by atoms with E-state index in [2.05, 4.69) is 9.88 Å². The number of rotatable bonds is 2. The Labute approximate surface area is 124 Å². The zero-order valence-electron chi connectivity index (χ0n) is 11.4. The van der Waals surface area contributed by atoms with E-state index in [1.165, 1.54) is 0 Å². The number of pyridine rings is 1. The number of nitrogens with zero attached hydrogens (tertiary/aromatic N) is 3. The molecule has 0 aromatic carbocycles. The monoisotopic (exact) mass is 298 g/mol. The van der Waals surface area contributed by atoms with E-state index >= 15 is 0 Å². The highest BCUT2D eigenvalue weighted by molar-refractivity contribution is 5.85. The van der Waals surface area contributed by atoms with Gasteiger partial charge in [0.25, 0.3) is 0 Å². The fourth-order valence-electron chi connectivity index (χ4n) is 2.71. The molecule has 0 spiro atoms. The Morgan fingerprint density at radius 3 is 3.00 bits per heavy atom. The molecule has 3 rings (SSSR count). The summed E-state index contributed by atoms with van der Waals surface area (Å²) in [7, 11) is 1.99. The minimum atomic E-state index is -0.276. The van der Waals surface area contributed by atoms with Crippen molar-refractivity contribution < 1.29 is 9.53 Å². The second-order valence-corrected chi connectivity index (χ2v) is 5.01. The van der Waals surface area contributed by atoms with E-state index in [0.717, 1.165) is 43.3 Å². The van der Waals surface area contributed by atoms with Crippen molar-refractivity contribution in [2.45, 2.75) is 18.9 Å². The Balaban J connectivity index is 0.00000147. The van der Waals surface area contributed by atoms with Gasteiger partial charge in [-0.15, -0.1) is 12.4 Å². The molecule has 7 heteroatoms. The predicted molar refractivity (Wildman–Crippen MR) is 79.8 cm³/mol. The molecule has 1 fully saturated rings. The fourth-order valence-corrected chi connectivity index (χ4v) is 2.71. The quantitative estimate of drug-likeness (QED) is 0.874. The summed E-state index contributed by atoms with van der Waals surface area (Å²) in [5, 5.41) is 0. The van der Waals surface area contributed by atoms with E-state index < -0.39 is 0 Å². The van der Waals surface area contributed by atoms with Crippen molar-refractivity contribution in [3.05, 3.63) is 12.1 Å². The maximum absolute atomic E-state index is 11.5. The van der Waals surface area contributed by atoms with Crippen LogP contribution in [0.1, 0.15) is 12.8 Å². The lowest BCUT2D eigenvalue weighted by Crippen LogP contribution is -2.41. The van der Waals surface area contributed by atoms with E-state index in [4.69, 9.17) is 10.5 Å². The van der Waals surface area contributed by atoms with Gasteiger partial charge in [0.1, 0.15) is 18.5 Å². The van der Waals surface area contributed by atoms with Crippen molar-refractivity contribution >= 4 is 29.9 Å². The van der Waals surface area contributed by atoms with Crippen LogP contribution in [0, 0.1) is 0 Å². The van der Waals surface area contributed by atoms with Gasteiger partial charge in [-0.25, -0.2) is 4.98 Å². The summed E-state index contributed by atoms with van der Waals surface area (Å²) < 4.78 is 5.57. The molecular weight excluding hydrogens is 280 g/mol. The molecule has 6 nitrogen and oxygen atoms in total. The first-order chi connectivity index (χ1) is 9.16. The van der Waals surface area contributed by atoms with E-state index in [1.54, 1.807) is 0 Å². The smallest absolute Gasteiger partial charge is 0.240 e. The molecular formula is C13H19ClN4O2. The normalized spacial score (nSPS) is 20.9. The first kappa shape index (κ1) is 14.7. The van der Waals surface area contributed by atoms with Crippen molar-refractivity contribution in [3.63, 3.8) is 0 Å². The lowest BCUT2D eigenvalue weighted by Gasteiger charge is -2.29. The van der Waals surface area contributed by atoms with Gasteiger partial charge in [-0.3, -0.25) is 4.79 Å². The second-order valence-electron chi connectivity index (χ2n) is 5.01. The first-order valence-corrected chi connectivity index (χ1v) is 6.58. The topological polar surface area (TPSA) is 71.7 Å². The van der Waals surface area contributed by atoms with Gasteiger partial charge >= 0.3 is 0 Å². The van der Waals surface area contributed by atoms with Crippen LogP contribution in [-0.4, -0.2) is 43.7 Å². The number of nitrogens with two attached hydrogens (primary N) is 1. The molecule has 110 valence electrons. The third-order valence-electron chi connectivity index (χ3n) is 3.75. The molecule has 1 aromatic rings. The number of halogens is 1. The maximum Gasteiger partial charge on any atom is 0.240 e. The molecule has 1 saturated heterocycles. The van der Waals surface area contributed by atoms with Crippen LogP contribution >= 0.6 is 12.4 Å². The number of hydrogen-bond donors (Lipinski definition) is 1. The largest absolute Gasteiger partial charge is 0.488 e. The van der Waals surface area contributed by atoms with E-state index in [0.29, 0.717) is 6.61 Å². The maximum atomic E-state index is 11.5. The second kappa shape index (κ2) is 5.75. The van der Waals surface area contributed by atoms with Crippen LogP contribution in [0.4, 0.5) is 11.6 Å². The van der Waals surface area contributed by atoms with Gasteiger partial charge in [0.2, 0.25) is 5.91 Å². The van der Waals surface area contributed by atoms with Crippen LogP contribution in [0.3, 0.4) is 0 Å². The van der Waals surface area contributed by atoms with Crippen molar-refractivity contribution in [1.29, 1.82) is 0 Å². The molecule has 1 aromatic heterocycles. The lowest BCUT2D eigenvalue weighted by molar-refractivity contribution is -0.119. The minimum Gasteiger partial charge on any atom is -0.488 e. The van der Waals surface area contributed by atoms with Crippen molar-refractivity contribution in [3.8, 4) is 5.75 Å². The summed E-state index contributed by atoms with van der Waals surface area (Å²) in [6, 6.07) is 3.59. The SMILES string of the molecule is CN1CCOc2ccc(N3CCCC3C(N)=O)nc21.Cl. The summed E-state index contributed by atoms with van der Waals surface area (Å²) >= 11 is 0. The van der Waals surface area contributed by atoms with Crippen molar-refractivity contribution in [2.24, 2.45) is 5.73 Å². The third-order valence-corrected chi connectivity index (χ3v) is 3.75. The Morgan fingerprint density at radius 1 is 1.45 bits per heavy atom. The van der Waals surface area contributed by atoms with Gasteiger partial charge in [-0.1, -0.05) is 0 Å². The molecule has 1 amide bonds. The Hall–Kier alpha value is -1.69. The molecule has 3 heterocycles. The number of amides is 1. The van der Waals surface area contributed by atoms with Crippen LogP contribution in [0.25, 0.3) is 0 Å². The summed E-state index contributed by atoms with van der Waals surface area (Å²) in [6.07, 6.45) is 1.78. The standard InChI is InChI=1S/C13H18N4O2.ClH/c1-16-7-8-19-10-4-5-11(15-13(10)16)17-6-2-3-9(17)12(14)18;/h4-5,9H,2-3,6-8H2,1H3,(H2,14,18);1H. The van der Waals surface area contributed by atoms with E-state index in [1.807, 2.05) is 24.1 Å². The number of primary amides is 1. The predicted octanol–water partition coefficient (Wildman–Crippen LogP) is 0.786. The number of hydrogen-bond acceptors (Lipinski definition) is 5. The lowest BCUT2D eigenvalue weighted by atomic mass is 10.2. The Kier molecular flexibility index (Phi) is 4.23. The summed E-state index contributed by atoms with van der Waals surface area (Å²) in [5.41, 5.74) is 5.45. The molecule has 2 N–H and O–H groups in total. The van der Waals surface area contributed by atoms with Crippen LogP contribution in [-0.2, 0) is 4.79 Å². The molecule has 1 unspecified atom stereocenters. The average molecular weight is 299 g/mol. The number of carbonyl (C=O) groups excluding carboxylic acids is 1. The number of ether oxygens (including phenoxy) is 1. The van der Waals surface area contributed by atoms with Gasteiger partial charge in [0.15, 0.2) is 11.6 Å². The van der Waals surface area contributed by atoms with Gasteiger partial charge < -0.3 is 20.3 Å². The molecule has 2 aliphatic heterocycles. The van der Waals surface area contributed by atoms with Gasteiger partial charge in [-0.2, -0.15) is 0 Å². The fraction of sp³-hybridized carbons (Fsp3) is 0.538. The number of fused-ring (bicyclic) bond motifs is 1. The van der Waals surface area contributed by atoms with Crippen LogP contribution < -0.4 is 20.3 Å². The first-order valence-electron chi connectivity index (χ1n) is 6.58. The molecule has 0 bridgehead atoms. The average Bonchev–Trinajstić information content (AvgIpc) is 2.88. The van der Waals surface area contributed by atoms with Crippen LogP contribution in [0.5, 0.6) is 5.75 Å². The minimum absolute atomic E-state index is 0. The van der Waals surface area contributed by atoms with Crippen molar-refractivity contribution in [1.82, 2.24) is 4.98 Å². The highest BCUT2D eigenvalue weighted by Gasteiger charge is 2.31.